The van der Waals surface area contributed by atoms with Crippen LogP contribution in [0.3, 0.4) is 0 Å². The summed E-state index contributed by atoms with van der Waals surface area (Å²) < 4.78 is 5.35. The number of aromatic nitrogens is 1. The lowest BCUT2D eigenvalue weighted by molar-refractivity contribution is 0.119. The molecule has 0 bridgehead atoms. The van der Waals surface area contributed by atoms with E-state index >= 15 is 0 Å². The Morgan fingerprint density at radius 1 is 1.37 bits per heavy atom. The summed E-state index contributed by atoms with van der Waals surface area (Å²) in [5.74, 6) is 1.49. The average molecular weight is 397 g/mol. The van der Waals surface area contributed by atoms with Crippen molar-refractivity contribution in [2.45, 2.75) is 26.5 Å². The predicted octanol–water partition coefficient (Wildman–Crippen LogP) is 1.74. The van der Waals surface area contributed by atoms with Gasteiger partial charge in [-0.25, -0.2) is 4.98 Å². The molecule has 2 rings (SSSR count). The highest BCUT2D eigenvalue weighted by molar-refractivity contribution is 7.09. The standard InChI is InChI=1S/C19H36N6OS/c1-15(12-25-9-7-23(4)8-10-25)11-21-19(20-3)24(5)13-17-14-27-18(22-17)16(2)26-6/h14-16H,7-13H2,1-6H3,(H,20,21). The third-order valence-electron chi connectivity index (χ3n) is 5.02. The molecule has 1 saturated heterocycles. The average Bonchev–Trinajstić information content (AvgIpc) is 3.12. The maximum absolute atomic E-state index is 5.35. The monoisotopic (exact) mass is 396 g/mol. The van der Waals surface area contributed by atoms with E-state index in [4.69, 9.17) is 4.74 Å². The molecule has 0 spiro atoms. The van der Waals surface area contributed by atoms with E-state index in [9.17, 15) is 0 Å². The Bertz CT molecular complexity index is 585. The van der Waals surface area contributed by atoms with Crippen molar-refractivity contribution in [3.8, 4) is 0 Å². The minimum atomic E-state index is 0.0434. The van der Waals surface area contributed by atoms with E-state index in [0.29, 0.717) is 5.92 Å². The van der Waals surface area contributed by atoms with Crippen LogP contribution in [-0.4, -0.2) is 93.2 Å². The van der Waals surface area contributed by atoms with Gasteiger partial charge in [0.1, 0.15) is 11.1 Å². The molecular weight excluding hydrogens is 360 g/mol. The number of nitrogens with one attached hydrogen (secondary N) is 1. The zero-order valence-corrected chi connectivity index (χ0v) is 18.6. The van der Waals surface area contributed by atoms with Gasteiger partial charge in [0.15, 0.2) is 5.96 Å². The van der Waals surface area contributed by atoms with Crippen molar-refractivity contribution in [3.63, 3.8) is 0 Å². The largest absolute Gasteiger partial charge is 0.375 e. The zero-order chi connectivity index (χ0) is 19.8. The Labute approximate surface area is 168 Å². The quantitative estimate of drug-likeness (QED) is 0.534. The van der Waals surface area contributed by atoms with Crippen molar-refractivity contribution in [3.05, 3.63) is 16.1 Å². The fourth-order valence-electron chi connectivity index (χ4n) is 3.19. The van der Waals surface area contributed by atoms with Crippen molar-refractivity contribution in [2.24, 2.45) is 10.9 Å². The highest BCUT2D eigenvalue weighted by Gasteiger charge is 2.17. The van der Waals surface area contributed by atoms with Gasteiger partial charge in [-0.15, -0.1) is 11.3 Å². The summed E-state index contributed by atoms with van der Waals surface area (Å²) in [4.78, 5) is 16.2. The first-order valence-electron chi connectivity index (χ1n) is 9.72. The maximum atomic E-state index is 5.35. The number of guanidine groups is 1. The van der Waals surface area contributed by atoms with Gasteiger partial charge in [-0.2, -0.15) is 0 Å². The Balaban J connectivity index is 1.77. The summed E-state index contributed by atoms with van der Waals surface area (Å²) in [6, 6.07) is 0. The van der Waals surface area contributed by atoms with E-state index in [2.05, 4.69) is 56.4 Å². The molecule has 1 aliphatic heterocycles. The van der Waals surface area contributed by atoms with Crippen molar-refractivity contribution >= 4 is 17.3 Å². The van der Waals surface area contributed by atoms with Crippen LogP contribution in [0.15, 0.2) is 10.4 Å². The molecule has 27 heavy (non-hydrogen) atoms. The number of methoxy groups -OCH3 is 1. The highest BCUT2D eigenvalue weighted by atomic mass is 32.1. The van der Waals surface area contributed by atoms with E-state index in [1.165, 1.54) is 26.2 Å². The lowest BCUT2D eigenvalue weighted by atomic mass is 10.1. The minimum absolute atomic E-state index is 0.0434. The summed E-state index contributed by atoms with van der Waals surface area (Å²) >= 11 is 1.65. The molecule has 0 amide bonds. The van der Waals surface area contributed by atoms with E-state index < -0.39 is 0 Å². The Morgan fingerprint density at radius 2 is 2.07 bits per heavy atom. The van der Waals surface area contributed by atoms with E-state index in [0.717, 1.165) is 36.3 Å². The fraction of sp³-hybridized carbons (Fsp3) is 0.789. The van der Waals surface area contributed by atoms with Crippen molar-refractivity contribution < 1.29 is 4.74 Å². The number of thiazole rings is 1. The first-order valence-corrected chi connectivity index (χ1v) is 10.6. The third-order valence-corrected chi connectivity index (χ3v) is 6.07. The van der Waals surface area contributed by atoms with Crippen molar-refractivity contribution in [2.75, 3.05) is 67.5 Å². The second-order valence-electron chi connectivity index (χ2n) is 7.55. The first kappa shape index (κ1) is 22.1. The number of piperazine rings is 1. The van der Waals surface area contributed by atoms with Gasteiger partial charge in [0.25, 0.3) is 0 Å². The number of nitrogens with zero attached hydrogens (tertiary/aromatic N) is 5. The number of likely N-dealkylation sites (N-methyl/N-ethyl adjacent to an activating group) is 1. The molecule has 0 radical (unpaired) electrons. The van der Waals surface area contributed by atoms with Crippen molar-refractivity contribution in [1.29, 1.82) is 0 Å². The summed E-state index contributed by atoms with van der Waals surface area (Å²) in [5, 5.41) is 6.64. The van der Waals surface area contributed by atoms with Crippen LogP contribution >= 0.6 is 11.3 Å². The van der Waals surface area contributed by atoms with E-state index in [1.54, 1.807) is 18.4 Å². The molecular formula is C19H36N6OS. The topological polar surface area (TPSA) is 56.2 Å². The molecule has 0 aromatic carbocycles. The molecule has 1 aliphatic rings. The summed E-state index contributed by atoms with van der Waals surface area (Å²) in [6.45, 7) is 11.8. The molecule has 2 unspecified atom stereocenters. The zero-order valence-electron chi connectivity index (χ0n) is 17.7. The predicted molar refractivity (Wildman–Crippen MR) is 113 cm³/mol. The van der Waals surface area contributed by atoms with Crippen LogP contribution in [0.1, 0.15) is 30.7 Å². The second-order valence-corrected chi connectivity index (χ2v) is 8.44. The van der Waals surface area contributed by atoms with Gasteiger partial charge in [0, 0.05) is 65.9 Å². The van der Waals surface area contributed by atoms with Crippen LogP contribution in [0.25, 0.3) is 0 Å². The smallest absolute Gasteiger partial charge is 0.193 e. The van der Waals surface area contributed by atoms with Gasteiger partial charge in [-0.3, -0.25) is 4.99 Å². The Hall–Kier alpha value is -1.22. The van der Waals surface area contributed by atoms with Crippen LogP contribution < -0.4 is 5.32 Å². The molecule has 1 N–H and O–H groups in total. The van der Waals surface area contributed by atoms with E-state index in [-0.39, 0.29) is 6.10 Å². The molecule has 1 aromatic rings. The molecule has 2 atom stereocenters. The van der Waals surface area contributed by atoms with Gasteiger partial charge in [0.2, 0.25) is 0 Å². The molecule has 1 fully saturated rings. The normalized spacial score (nSPS) is 19.1. The Morgan fingerprint density at radius 3 is 2.70 bits per heavy atom. The second kappa shape index (κ2) is 10.9. The van der Waals surface area contributed by atoms with Crippen molar-refractivity contribution in [1.82, 2.24) is 25.0 Å². The molecule has 0 aliphatic carbocycles. The summed E-state index contributed by atoms with van der Waals surface area (Å²) in [6.07, 6.45) is 0.0434. The fourth-order valence-corrected chi connectivity index (χ4v) is 4.03. The number of rotatable bonds is 8. The highest BCUT2D eigenvalue weighted by Crippen LogP contribution is 2.20. The Kier molecular flexibility index (Phi) is 8.95. The molecule has 1 aromatic heterocycles. The van der Waals surface area contributed by atoms with Gasteiger partial charge in [-0.1, -0.05) is 6.92 Å². The SMILES string of the molecule is CN=C(NCC(C)CN1CCN(C)CC1)N(C)Cc1csc(C(C)OC)n1. The van der Waals surface area contributed by atoms with Gasteiger partial charge in [0.05, 0.1) is 12.2 Å². The van der Waals surface area contributed by atoms with Crippen LogP contribution in [-0.2, 0) is 11.3 Å². The molecule has 0 saturated carbocycles. The number of aliphatic imine (C=N–C) groups is 1. The van der Waals surface area contributed by atoms with E-state index in [1.807, 2.05) is 14.0 Å². The minimum Gasteiger partial charge on any atom is -0.375 e. The molecule has 2 heterocycles. The summed E-state index contributed by atoms with van der Waals surface area (Å²) in [7, 11) is 7.80. The lowest BCUT2D eigenvalue weighted by Gasteiger charge is -2.34. The number of hydrogen-bond acceptors (Lipinski definition) is 6. The maximum Gasteiger partial charge on any atom is 0.193 e. The number of hydrogen-bond donors (Lipinski definition) is 1. The summed E-state index contributed by atoms with van der Waals surface area (Å²) in [5.41, 5.74) is 1.05. The van der Waals surface area contributed by atoms with Gasteiger partial charge >= 0.3 is 0 Å². The molecule has 154 valence electrons. The first-order chi connectivity index (χ1) is 12.9. The van der Waals surface area contributed by atoms with Crippen LogP contribution in [0, 0.1) is 5.92 Å². The van der Waals surface area contributed by atoms with Crippen LogP contribution in [0.2, 0.25) is 0 Å². The third kappa shape index (κ3) is 7.03. The van der Waals surface area contributed by atoms with Gasteiger partial charge < -0.3 is 24.8 Å². The molecule has 8 heteroatoms. The lowest BCUT2D eigenvalue weighted by Crippen LogP contribution is -2.47. The van der Waals surface area contributed by atoms with Gasteiger partial charge in [-0.05, 0) is 19.9 Å². The number of ether oxygens (including phenoxy) is 1. The van der Waals surface area contributed by atoms with Crippen LogP contribution in [0.5, 0.6) is 0 Å². The van der Waals surface area contributed by atoms with Crippen LogP contribution in [0.4, 0.5) is 0 Å². The molecule has 7 nitrogen and oxygen atoms in total.